The van der Waals surface area contributed by atoms with E-state index in [4.69, 9.17) is 23.2 Å². The Balaban J connectivity index is 2.25. The second-order valence-electron chi connectivity index (χ2n) is 4.60. The quantitative estimate of drug-likeness (QED) is 0.582. The maximum Gasteiger partial charge on any atom is 0.153 e. The molecule has 2 nitrogen and oxygen atoms in total. The lowest BCUT2D eigenvalue weighted by Crippen LogP contribution is -2.08. The third kappa shape index (κ3) is 2.54. The van der Waals surface area contributed by atoms with Crippen molar-refractivity contribution in [1.29, 1.82) is 0 Å². The monoisotopic (exact) mass is 346 g/mol. The van der Waals surface area contributed by atoms with Gasteiger partial charge in [0.2, 0.25) is 0 Å². The van der Waals surface area contributed by atoms with Gasteiger partial charge in [-0.05, 0) is 19.1 Å². The first-order valence-electron chi connectivity index (χ1n) is 6.18. The Morgan fingerprint density at radius 2 is 2.10 bits per heavy atom. The van der Waals surface area contributed by atoms with Gasteiger partial charge in [-0.1, -0.05) is 11.6 Å². The molecule has 0 aliphatic carbocycles. The van der Waals surface area contributed by atoms with Crippen molar-refractivity contribution in [2.24, 2.45) is 0 Å². The maximum atomic E-state index is 13.9. The van der Waals surface area contributed by atoms with E-state index in [2.05, 4.69) is 4.98 Å². The summed E-state index contributed by atoms with van der Waals surface area (Å²) in [6, 6.07) is 5.61. The molecule has 0 aliphatic heterocycles. The Bertz CT molecular complexity index is 813. The van der Waals surface area contributed by atoms with Crippen LogP contribution in [0.4, 0.5) is 8.78 Å². The molecule has 0 aliphatic rings. The second-order valence-corrected chi connectivity index (χ2v) is 6.62. The standard InChI is InChI=1S/C14H10Cl2F2N2S/c1-7(11-2-3-12(16)21-11)20-10-5-8(17)4-9(18)14(10)19-13(20)6-15/h2-5,7H,6H2,1H3. The summed E-state index contributed by atoms with van der Waals surface area (Å²) < 4.78 is 29.8. The van der Waals surface area contributed by atoms with Gasteiger partial charge in [-0.25, -0.2) is 13.8 Å². The molecule has 0 spiro atoms. The van der Waals surface area contributed by atoms with Crippen LogP contribution in [-0.2, 0) is 5.88 Å². The zero-order valence-electron chi connectivity index (χ0n) is 10.9. The van der Waals surface area contributed by atoms with Gasteiger partial charge in [0, 0.05) is 17.0 Å². The topological polar surface area (TPSA) is 17.8 Å². The average Bonchev–Trinajstić information content (AvgIpc) is 3.01. The highest BCUT2D eigenvalue weighted by molar-refractivity contribution is 7.16. The fourth-order valence-electron chi connectivity index (χ4n) is 2.38. The van der Waals surface area contributed by atoms with Gasteiger partial charge in [-0.3, -0.25) is 0 Å². The van der Waals surface area contributed by atoms with Crippen LogP contribution in [0.2, 0.25) is 4.34 Å². The first-order valence-corrected chi connectivity index (χ1v) is 7.91. The summed E-state index contributed by atoms with van der Waals surface area (Å²) in [7, 11) is 0. The van der Waals surface area contributed by atoms with E-state index < -0.39 is 11.6 Å². The Kier molecular flexibility index (Phi) is 3.90. The predicted molar refractivity (Wildman–Crippen MR) is 82.3 cm³/mol. The van der Waals surface area contributed by atoms with Crippen LogP contribution in [-0.4, -0.2) is 9.55 Å². The molecule has 0 fully saturated rings. The molecule has 0 amide bonds. The molecule has 7 heteroatoms. The van der Waals surface area contributed by atoms with Crippen LogP contribution in [0.5, 0.6) is 0 Å². The number of hydrogen-bond acceptors (Lipinski definition) is 2. The van der Waals surface area contributed by atoms with E-state index in [9.17, 15) is 8.78 Å². The lowest BCUT2D eigenvalue weighted by atomic mass is 10.2. The lowest BCUT2D eigenvalue weighted by Gasteiger charge is -2.15. The van der Waals surface area contributed by atoms with Crippen LogP contribution < -0.4 is 0 Å². The SMILES string of the molecule is CC(c1ccc(Cl)s1)n1c(CCl)nc2c(F)cc(F)cc21. The number of benzene rings is 1. The molecule has 21 heavy (non-hydrogen) atoms. The van der Waals surface area contributed by atoms with Gasteiger partial charge in [0.05, 0.1) is 21.8 Å². The summed E-state index contributed by atoms with van der Waals surface area (Å²) in [5, 5.41) is 0. The van der Waals surface area contributed by atoms with E-state index in [1.165, 1.54) is 17.4 Å². The molecule has 0 saturated heterocycles. The van der Waals surface area contributed by atoms with Crippen LogP contribution in [0, 0.1) is 11.6 Å². The molecule has 3 rings (SSSR count). The Morgan fingerprint density at radius 3 is 2.71 bits per heavy atom. The minimum absolute atomic E-state index is 0.110. The molecule has 3 aromatic rings. The zero-order valence-corrected chi connectivity index (χ0v) is 13.2. The number of nitrogens with zero attached hydrogens (tertiary/aromatic N) is 2. The van der Waals surface area contributed by atoms with Crippen LogP contribution in [0.3, 0.4) is 0 Å². The number of fused-ring (bicyclic) bond motifs is 1. The van der Waals surface area contributed by atoms with Crippen molar-refractivity contribution in [2.75, 3.05) is 0 Å². The summed E-state index contributed by atoms with van der Waals surface area (Å²) in [5.41, 5.74) is 0.515. The zero-order chi connectivity index (χ0) is 15.1. The first kappa shape index (κ1) is 14.8. The summed E-state index contributed by atoms with van der Waals surface area (Å²) in [6.07, 6.45) is 0. The molecular weight excluding hydrogens is 337 g/mol. The van der Waals surface area contributed by atoms with Gasteiger partial charge in [0.1, 0.15) is 17.2 Å². The molecule has 110 valence electrons. The Labute approximate surface area is 133 Å². The lowest BCUT2D eigenvalue weighted by molar-refractivity contribution is 0.588. The third-order valence-corrected chi connectivity index (χ3v) is 4.94. The normalized spacial score (nSPS) is 13.0. The largest absolute Gasteiger partial charge is 0.319 e. The predicted octanol–water partition coefficient (Wildman–Crippen LogP) is 5.38. The van der Waals surface area contributed by atoms with Crippen LogP contribution >= 0.6 is 34.5 Å². The molecular formula is C14H10Cl2F2N2S. The van der Waals surface area contributed by atoms with E-state index in [0.717, 1.165) is 10.9 Å². The summed E-state index contributed by atoms with van der Waals surface area (Å²) in [4.78, 5) is 5.15. The Hall–Kier alpha value is -1.17. The van der Waals surface area contributed by atoms with Gasteiger partial charge in [-0.15, -0.1) is 22.9 Å². The molecule has 1 aromatic carbocycles. The van der Waals surface area contributed by atoms with E-state index >= 15 is 0 Å². The first-order chi connectivity index (χ1) is 10.0. The number of aromatic nitrogens is 2. The molecule has 1 atom stereocenters. The summed E-state index contributed by atoms with van der Waals surface area (Å²) in [6.45, 7) is 1.92. The van der Waals surface area contributed by atoms with E-state index in [-0.39, 0.29) is 17.4 Å². The maximum absolute atomic E-state index is 13.9. The van der Waals surface area contributed by atoms with Crippen molar-refractivity contribution in [3.05, 3.63) is 50.9 Å². The minimum atomic E-state index is -0.688. The molecule has 0 bridgehead atoms. The number of alkyl halides is 1. The molecule has 0 radical (unpaired) electrons. The Morgan fingerprint density at radius 1 is 1.33 bits per heavy atom. The van der Waals surface area contributed by atoms with Crippen LogP contribution in [0.25, 0.3) is 11.0 Å². The molecule has 0 N–H and O–H groups in total. The highest BCUT2D eigenvalue weighted by Crippen LogP contribution is 2.33. The number of rotatable bonds is 3. The fraction of sp³-hybridized carbons (Fsp3) is 0.214. The van der Waals surface area contributed by atoms with E-state index in [1.54, 1.807) is 10.6 Å². The van der Waals surface area contributed by atoms with Crippen LogP contribution in [0.1, 0.15) is 23.7 Å². The number of imidazole rings is 1. The van der Waals surface area contributed by atoms with Crippen molar-refractivity contribution in [3.8, 4) is 0 Å². The van der Waals surface area contributed by atoms with Crippen molar-refractivity contribution in [1.82, 2.24) is 9.55 Å². The van der Waals surface area contributed by atoms with Gasteiger partial charge < -0.3 is 4.57 Å². The van der Waals surface area contributed by atoms with Crippen molar-refractivity contribution >= 4 is 45.6 Å². The fourth-order valence-corrected chi connectivity index (χ4v) is 3.67. The molecule has 0 saturated carbocycles. The molecule has 2 heterocycles. The smallest absolute Gasteiger partial charge is 0.153 e. The highest BCUT2D eigenvalue weighted by Gasteiger charge is 2.20. The van der Waals surface area contributed by atoms with Crippen molar-refractivity contribution in [3.63, 3.8) is 0 Å². The summed E-state index contributed by atoms with van der Waals surface area (Å²) in [5.74, 6) is -0.725. The average molecular weight is 347 g/mol. The van der Waals surface area contributed by atoms with E-state index in [0.29, 0.717) is 15.7 Å². The van der Waals surface area contributed by atoms with Crippen LogP contribution in [0.15, 0.2) is 24.3 Å². The van der Waals surface area contributed by atoms with Gasteiger partial charge in [0.25, 0.3) is 0 Å². The van der Waals surface area contributed by atoms with Gasteiger partial charge in [-0.2, -0.15) is 0 Å². The minimum Gasteiger partial charge on any atom is -0.319 e. The van der Waals surface area contributed by atoms with Gasteiger partial charge >= 0.3 is 0 Å². The second kappa shape index (κ2) is 5.55. The van der Waals surface area contributed by atoms with Crippen molar-refractivity contribution < 1.29 is 8.78 Å². The molecule has 1 unspecified atom stereocenters. The van der Waals surface area contributed by atoms with E-state index in [1.807, 2.05) is 13.0 Å². The van der Waals surface area contributed by atoms with Gasteiger partial charge in [0.15, 0.2) is 5.82 Å². The highest BCUT2D eigenvalue weighted by atomic mass is 35.5. The third-order valence-electron chi connectivity index (χ3n) is 3.30. The van der Waals surface area contributed by atoms with Crippen molar-refractivity contribution in [2.45, 2.75) is 18.8 Å². The summed E-state index contributed by atoms with van der Waals surface area (Å²) >= 11 is 13.3. The number of hydrogen-bond donors (Lipinski definition) is 0. The molecule has 2 aromatic heterocycles. The number of halogens is 4. The number of thiophene rings is 1.